The van der Waals surface area contributed by atoms with Gasteiger partial charge in [-0.2, -0.15) is 5.10 Å². The maximum absolute atomic E-state index is 14.3. The Morgan fingerprint density at radius 1 is 0.895 bits per heavy atom. The van der Waals surface area contributed by atoms with Crippen LogP contribution < -0.4 is 0 Å². The average molecular weight is 252 g/mol. The molecule has 0 saturated heterocycles. The molecule has 0 aliphatic heterocycles. The van der Waals surface area contributed by atoms with Gasteiger partial charge >= 0.3 is 0 Å². The molecule has 19 heavy (non-hydrogen) atoms. The minimum Gasteiger partial charge on any atom is -0.230 e. The van der Waals surface area contributed by atoms with Gasteiger partial charge in [-0.1, -0.05) is 48.5 Å². The molecule has 0 radical (unpaired) electrons. The second kappa shape index (κ2) is 4.69. The fourth-order valence-corrected chi connectivity index (χ4v) is 2.11. The van der Waals surface area contributed by atoms with Crippen molar-refractivity contribution in [2.75, 3.05) is 0 Å². The zero-order valence-electron chi connectivity index (χ0n) is 10.5. The highest BCUT2D eigenvalue weighted by Gasteiger charge is 2.17. The molecule has 1 heterocycles. The lowest BCUT2D eigenvalue weighted by Crippen LogP contribution is -1.99. The fraction of sp³-hybridized carbons (Fsp3) is 0.0625. The van der Waals surface area contributed by atoms with Crippen LogP contribution in [0, 0.1) is 12.7 Å². The Bertz CT molecular complexity index is 688. The van der Waals surface area contributed by atoms with E-state index in [1.807, 2.05) is 60.7 Å². The molecule has 3 heteroatoms. The molecule has 0 bridgehead atoms. The topological polar surface area (TPSA) is 17.8 Å². The van der Waals surface area contributed by atoms with Crippen molar-refractivity contribution in [2.24, 2.45) is 0 Å². The monoisotopic (exact) mass is 252 g/mol. The van der Waals surface area contributed by atoms with Crippen molar-refractivity contribution in [3.05, 3.63) is 72.2 Å². The van der Waals surface area contributed by atoms with Gasteiger partial charge in [0.1, 0.15) is 5.69 Å². The minimum atomic E-state index is -0.268. The molecule has 0 aliphatic carbocycles. The second-order valence-corrected chi connectivity index (χ2v) is 4.36. The Labute approximate surface area is 111 Å². The number of para-hydroxylation sites is 1. The molecule has 0 amide bonds. The van der Waals surface area contributed by atoms with Crippen molar-refractivity contribution in [1.29, 1.82) is 0 Å². The van der Waals surface area contributed by atoms with Crippen molar-refractivity contribution in [2.45, 2.75) is 6.92 Å². The van der Waals surface area contributed by atoms with E-state index in [0.29, 0.717) is 11.4 Å². The van der Waals surface area contributed by atoms with Gasteiger partial charge < -0.3 is 0 Å². The van der Waals surface area contributed by atoms with Gasteiger partial charge in [0, 0.05) is 5.56 Å². The molecule has 3 aromatic rings. The SMILES string of the molecule is Cc1nn(-c2ccccc2)c(-c2ccccc2)c1F. The van der Waals surface area contributed by atoms with Crippen molar-refractivity contribution >= 4 is 0 Å². The number of aryl methyl sites for hydroxylation is 1. The highest BCUT2D eigenvalue weighted by molar-refractivity contribution is 5.63. The summed E-state index contributed by atoms with van der Waals surface area (Å²) in [5.74, 6) is -0.268. The van der Waals surface area contributed by atoms with Crippen LogP contribution >= 0.6 is 0 Å². The van der Waals surface area contributed by atoms with E-state index in [4.69, 9.17) is 0 Å². The molecule has 2 aromatic carbocycles. The average Bonchev–Trinajstić information content (AvgIpc) is 2.77. The van der Waals surface area contributed by atoms with Crippen LogP contribution in [0.5, 0.6) is 0 Å². The Hall–Kier alpha value is -2.42. The van der Waals surface area contributed by atoms with Gasteiger partial charge in [0.15, 0.2) is 5.82 Å². The molecule has 0 N–H and O–H groups in total. The molecule has 0 aliphatic rings. The van der Waals surface area contributed by atoms with Crippen LogP contribution in [0.1, 0.15) is 5.69 Å². The smallest absolute Gasteiger partial charge is 0.172 e. The number of nitrogens with zero attached hydrogens (tertiary/aromatic N) is 2. The highest BCUT2D eigenvalue weighted by atomic mass is 19.1. The number of benzene rings is 2. The molecule has 0 atom stereocenters. The maximum Gasteiger partial charge on any atom is 0.172 e. The minimum absolute atomic E-state index is 0.268. The normalized spacial score (nSPS) is 10.6. The van der Waals surface area contributed by atoms with Crippen LogP contribution in [0.15, 0.2) is 60.7 Å². The molecule has 2 nitrogen and oxygen atoms in total. The van der Waals surface area contributed by atoms with E-state index in [2.05, 4.69) is 5.10 Å². The third-order valence-corrected chi connectivity index (χ3v) is 3.04. The van der Waals surface area contributed by atoms with E-state index >= 15 is 0 Å². The number of aromatic nitrogens is 2. The summed E-state index contributed by atoms with van der Waals surface area (Å²) in [7, 11) is 0. The van der Waals surface area contributed by atoms with Gasteiger partial charge in [-0.15, -0.1) is 0 Å². The summed E-state index contributed by atoms with van der Waals surface area (Å²) < 4.78 is 16.0. The first-order valence-electron chi connectivity index (χ1n) is 6.13. The van der Waals surface area contributed by atoms with Gasteiger partial charge in [-0.3, -0.25) is 0 Å². The van der Waals surface area contributed by atoms with E-state index in [1.165, 1.54) is 0 Å². The summed E-state index contributed by atoms with van der Waals surface area (Å²) in [5.41, 5.74) is 2.59. The van der Waals surface area contributed by atoms with E-state index in [0.717, 1.165) is 11.3 Å². The summed E-state index contributed by atoms with van der Waals surface area (Å²) in [6, 6.07) is 19.1. The first-order valence-corrected chi connectivity index (χ1v) is 6.13. The second-order valence-electron chi connectivity index (χ2n) is 4.36. The summed E-state index contributed by atoms with van der Waals surface area (Å²) in [6.45, 7) is 1.68. The van der Waals surface area contributed by atoms with E-state index in [9.17, 15) is 4.39 Å². The molecule has 94 valence electrons. The molecule has 3 rings (SSSR count). The Morgan fingerprint density at radius 3 is 2.11 bits per heavy atom. The third-order valence-electron chi connectivity index (χ3n) is 3.04. The number of rotatable bonds is 2. The van der Waals surface area contributed by atoms with Crippen molar-refractivity contribution < 1.29 is 4.39 Å². The summed E-state index contributed by atoms with van der Waals surface area (Å²) in [4.78, 5) is 0. The number of halogens is 1. The van der Waals surface area contributed by atoms with E-state index in [-0.39, 0.29) is 5.82 Å². The quantitative estimate of drug-likeness (QED) is 0.674. The van der Waals surface area contributed by atoms with Crippen LogP contribution in [0.4, 0.5) is 4.39 Å². The molecule has 0 fully saturated rings. The molecular formula is C16H13FN2. The molecule has 0 saturated carbocycles. The standard InChI is InChI=1S/C16H13FN2/c1-12-15(17)16(13-8-4-2-5-9-13)19(18-12)14-10-6-3-7-11-14/h2-11H,1H3. The largest absolute Gasteiger partial charge is 0.230 e. The molecular weight excluding hydrogens is 239 g/mol. The predicted molar refractivity (Wildman–Crippen MR) is 73.7 cm³/mol. The summed E-state index contributed by atoms with van der Waals surface area (Å²) in [5, 5.41) is 4.30. The lowest BCUT2D eigenvalue weighted by atomic mass is 10.1. The molecule has 0 unspecified atom stereocenters. The van der Waals surface area contributed by atoms with Crippen LogP contribution in [0.3, 0.4) is 0 Å². The number of hydrogen-bond acceptors (Lipinski definition) is 1. The zero-order valence-corrected chi connectivity index (χ0v) is 10.5. The molecule has 1 aromatic heterocycles. The predicted octanol–water partition coefficient (Wildman–Crippen LogP) is 3.99. The first-order chi connectivity index (χ1) is 9.27. The highest BCUT2D eigenvalue weighted by Crippen LogP contribution is 2.27. The fourth-order valence-electron chi connectivity index (χ4n) is 2.11. The summed E-state index contributed by atoms with van der Waals surface area (Å²) >= 11 is 0. The van der Waals surface area contributed by atoms with Crippen LogP contribution in [0.25, 0.3) is 16.9 Å². The Balaban J connectivity index is 2.25. The van der Waals surface area contributed by atoms with Crippen LogP contribution in [-0.4, -0.2) is 9.78 Å². The van der Waals surface area contributed by atoms with Gasteiger partial charge in [-0.05, 0) is 19.1 Å². The third kappa shape index (κ3) is 2.03. The lowest BCUT2D eigenvalue weighted by molar-refractivity contribution is 0.622. The van der Waals surface area contributed by atoms with Crippen LogP contribution in [-0.2, 0) is 0 Å². The van der Waals surface area contributed by atoms with Crippen LogP contribution in [0.2, 0.25) is 0 Å². The Kier molecular flexibility index (Phi) is 2.88. The van der Waals surface area contributed by atoms with Gasteiger partial charge in [0.2, 0.25) is 0 Å². The molecule has 0 spiro atoms. The lowest BCUT2D eigenvalue weighted by Gasteiger charge is -2.07. The summed E-state index contributed by atoms with van der Waals surface area (Å²) in [6.07, 6.45) is 0. The number of hydrogen-bond donors (Lipinski definition) is 0. The zero-order chi connectivity index (χ0) is 13.2. The van der Waals surface area contributed by atoms with Crippen molar-refractivity contribution in [1.82, 2.24) is 9.78 Å². The Morgan fingerprint density at radius 2 is 1.47 bits per heavy atom. The van der Waals surface area contributed by atoms with Gasteiger partial charge in [-0.25, -0.2) is 9.07 Å². The van der Waals surface area contributed by atoms with E-state index < -0.39 is 0 Å². The van der Waals surface area contributed by atoms with Gasteiger partial charge in [0.25, 0.3) is 0 Å². The van der Waals surface area contributed by atoms with Crippen molar-refractivity contribution in [3.8, 4) is 16.9 Å². The first kappa shape index (κ1) is 11.7. The maximum atomic E-state index is 14.3. The van der Waals surface area contributed by atoms with Gasteiger partial charge in [0.05, 0.1) is 11.4 Å². The van der Waals surface area contributed by atoms with Crippen molar-refractivity contribution in [3.63, 3.8) is 0 Å². The van der Waals surface area contributed by atoms with E-state index in [1.54, 1.807) is 11.6 Å².